The van der Waals surface area contributed by atoms with Crippen molar-refractivity contribution >= 4 is 11.6 Å². The van der Waals surface area contributed by atoms with Gasteiger partial charge in [0.05, 0.1) is 37.7 Å². The molecule has 0 bridgehead atoms. The molecule has 1 heterocycles. The van der Waals surface area contributed by atoms with E-state index in [1.807, 2.05) is 0 Å². The van der Waals surface area contributed by atoms with Crippen molar-refractivity contribution in [1.29, 1.82) is 0 Å². The molecule has 0 radical (unpaired) electrons. The molecule has 1 aliphatic rings. The summed E-state index contributed by atoms with van der Waals surface area (Å²) in [4.78, 5) is 14.3. The van der Waals surface area contributed by atoms with Crippen LogP contribution in [-0.2, 0) is 4.74 Å². The molecule has 0 saturated carbocycles. The maximum Gasteiger partial charge on any atom is 0.257 e. The number of methoxy groups -OCH3 is 1. The second-order valence-electron chi connectivity index (χ2n) is 5.01. The fourth-order valence-electron chi connectivity index (χ4n) is 2.57. The van der Waals surface area contributed by atoms with Gasteiger partial charge in [-0.05, 0) is 25.0 Å². The summed E-state index contributed by atoms with van der Waals surface area (Å²) >= 11 is 0. The number of amides is 1. The molecule has 0 unspecified atom stereocenters. The lowest BCUT2D eigenvalue weighted by molar-refractivity contribution is -0.00558. The molecule has 0 aliphatic carbocycles. The molecule has 1 aromatic carbocycles. The number of nitrogens with two attached hydrogens (primary N) is 1. The second-order valence-corrected chi connectivity index (χ2v) is 5.01. The quantitative estimate of drug-likeness (QED) is 0.788. The Hall–Kier alpha value is -1.79. The van der Waals surface area contributed by atoms with E-state index in [1.165, 1.54) is 7.11 Å². The van der Waals surface area contributed by atoms with Gasteiger partial charge in [-0.3, -0.25) is 4.79 Å². The van der Waals surface area contributed by atoms with Gasteiger partial charge < -0.3 is 25.2 Å². The Bertz CT molecular complexity index is 485. The van der Waals surface area contributed by atoms with E-state index in [9.17, 15) is 4.79 Å². The topological polar surface area (TPSA) is 85.0 Å². The van der Waals surface area contributed by atoms with Crippen LogP contribution in [0.5, 0.6) is 5.75 Å². The maximum absolute atomic E-state index is 12.6. The second kappa shape index (κ2) is 7.28. The van der Waals surface area contributed by atoms with Crippen LogP contribution >= 0.6 is 0 Å². The number of carbonyl (C=O) groups is 1. The van der Waals surface area contributed by atoms with Crippen LogP contribution in [0.4, 0.5) is 5.69 Å². The van der Waals surface area contributed by atoms with E-state index in [0.29, 0.717) is 36.7 Å². The van der Waals surface area contributed by atoms with Gasteiger partial charge in [-0.15, -0.1) is 0 Å². The third-order valence-corrected chi connectivity index (χ3v) is 3.65. The predicted molar refractivity (Wildman–Crippen MR) is 79.4 cm³/mol. The van der Waals surface area contributed by atoms with Crippen LogP contribution in [0.15, 0.2) is 18.2 Å². The van der Waals surface area contributed by atoms with Gasteiger partial charge in [0.2, 0.25) is 0 Å². The van der Waals surface area contributed by atoms with Crippen LogP contribution in [0, 0.1) is 0 Å². The largest absolute Gasteiger partial charge is 0.494 e. The van der Waals surface area contributed by atoms with Crippen molar-refractivity contribution in [1.82, 2.24) is 4.90 Å². The Morgan fingerprint density at radius 1 is 1.43 bits per heavy atom. The van der Waals surface area contributed by atoms with Crippen molar-refractivity contribution in [3.8, 4) is 5.75 Å². The zero-order chi connectivity index (χ0) is 15.2. The van der Waals surface area contributed by atoms with Gasteiger partial charge in [0, 0.05) is 13.1 Å². The minimum absolute atomic E-state index is 0.0274. The summed E-state index contributed by atoms with van der Waals surface area (Å²) in [5.41, 5.74) is 6.79. The number of ether oxygens (including phenoxy) is 2. The third kappa shape index (κ3) is 3.65. The van der Waals surface area contributed by atoms with Crippen molar-refractivity contribution in [2.45, 2.75) is 18.9 Å². The Balaban J connectivity index is 2.01. The molecule has 1 aromatic rings. The SMILES string of the molecule is COc1c(N)cccc1C(=O)N1CCC(OCCO)CC1. The fraction of sp³-hybridized carbons (Fsp3) is 0.533. The first kappa shape index (κ1) is 15.6. The number of piperidine rings is 1. The molecular weight excluding hydrogens is 272 g/mol. The number of anilines is 1. The van der Waals surface area contributed by atoms with E-state index < -0.39 is 0 Å². The fourth-order valence-corrected chi connectivity index (χ4v) is 2.57. The number of hydrogen-bond donors (Lipinski definition) is 2. The number of aliphatic hydroxyl groups is 1. The van der Waals surface area contributed by atoms with E-state index in [0.717, 1.165) is 12.8 Å². The zero-order valence-electron chi connectivity index (χ0n) is 12.2. The Labute approximate surface area is 124 Å². The monoisotopic (exact) mass is 294 g/mol. The van der Waals surface area contributed by atoms with E-state index in [4.69, 9.17) is 20.3 Å². The molecule has 3 N–H and O–H groups in total. The third-order valence-electron chi connectivity index (χ3n) is 3.65. The number of rotatable bonds is 5. The first-order chi connectivity index (χ1) is 10.2. The number of hydrogen-bond acceptors (Lipinski definition) is 5. The molecule has 116 valence electrons. The molecule has 0 spiro atoms. The smallest absolute Gasteiger partial charge is 0.257 e. The van der Waals surface area contributed by atoms with Gasteiger partial charge in [-0.2, -0.15) is 0 Å². The number of likely N-dealkylation sites (tertiary alicyclic amines) is 1. The van der Waals surface area contributed by atoms with E-state index >= 15 is 0 Å². The number of nitrogen functional groups attached to an aromatic ring is 1. The average Bonchev–Trinajstić information content (AvgIpc) is 2.52. The van der Waals surface area contributed by atoms with E-state index in [2.05, 4.69) is 0 Å². The van der Waals surface area contributed by atoms with E-state index in [-0.39, 0.29) is 18.6 Å². The zero-order valence-corrected chi connectivity index (χ0v) is 12.2. The highest BCUT2D eigenvalue weighted by atomic mass is 16.5. The van der Waals surface area contributed by atoms with Crippen LogP contribution in [0.2, 0.25) is 0 Å². The van der Waals surface area contributed by atoms with E-state index in [1.54, 1.807) is 23.1 Å². The lowest BCUT2D eigenvalue weighted by Gasteiger charge is -2.32. The highest BCUT2D eigenvalue weighted by Gasteiger charge is 2.26. The van der Waals surface area contributed by atoms with Crippen molar-refractivity contribution in [2.24, 2.45) is 0 Å². The molecule has 2 rings (SSSR count). The number of benzene rings is 1. The normalized spacial score (nSPS) is 16.0. The van der Waals surface area contributed by atoms with Crippen LogP contribution in [0.25, 0.3) is 0 Å². The maximum atomic E-state index is 12.6. The summed E-state index contributed by atoms with van der Waals surface area (Å²) in [5, 5.41) is 8.75. The lowest BCUT2D eigenvalue weighted by Crippen LogP contribution is -2.41. The molecule has 1 amide bonds. The van der Waals surface area contributed by atoms with Gasteiger partial charge in [0.15, 0.2) is 5.75 Å². The molecule has 21 heavy (non-hydrogen) atoms. The highest BCUT2D eigenvalue weighted by Crippen LogP contribution is 2.28. The Morgan fingerprint density at radius 3 is 2.76 bits per heavy atom. The molecule has 1 aliphatic heterocycles. The van der Waals surface area contributed by atoms with Gasteiger partial charge >= 0.3 is 0 Å². The molecule has 0 atom stereocenters. The summed E-state index contributed by atoms with van der Waals surface area (Å²) in [5.74, 6) is 0.362. The van der Waals surface area contributed by atoms with Crippen LogP contribution < -0.4 is 10.5 Å². The van der Waals surface area contributed by atoms with Gasteiger partial charge in [0.1, 0.15) is 0 Å². The molecule has 6 nitrogen and oxygen atoms in total. The number of carbonyl (C=O) groups excluding carboxylic acids is 1. The van der Waals surface area contributed by atoms with Crippen molar-refractivity contribution in [3.63, 3.8) is 0 Å². The number of nitrogens with zero attached hydrogens (tertiary/aromatic N) is 1. The first-order valence-corrected chi connectivity index (χ1v) is 7.11. The van der Waals surface area contributed by atoms with Gasteiger partial charge in [-0.25, -0.2) is 0 Å². The minimum Gasteiger partial charge on any atom is -0.494 e. The van der Waals surface area contributed by atoms with Crippen LogP contribution in [0.3, 0.4) is 0 Å². The average molecular weight is 294 g/mol. The summed E-state index contributed by atoms with van der Waals surface area (Å²) < 4.78 is 10.7. The standard InChI is InChI=1S/C15H22N2O4/c1-20-14-12(3-2-4-13(14)16)15(19)17-7-5-11(6-8-17)21-10-9-18/h2-4,11,18H,5-10,16H2,1H3. The van der Waals surface area contributed by atoms with Crippen molar-refractivity contribution in [3.05, 3.63) is 23.8 Å². The predicted octanol–water partition coefficient (Wildman–Crippen LogP) is 0.891. The van der Waals surface area contributed by atoms with Gasteiger partial charge in [-0.1, -0.05) is 6.07 Å². The van der Waals surface area contributed by atoms with Crippen molar-refractivity contribution in [2.75, 3.05) is 39.1 Å². The van der Waals surface area contributed by atoms with Crippen molar-refractivity contribution < 1.29 is 19.4 Å². The number of aliphatic hydroxyl groups excluding tert-OH is 1. The van der Waals surface area contributed by atoms with Crippen LogP contribution in [-0.4, -0.2) is 55.4 Å². The summed E-state index contributed by atoms with van der Waals surface area (Å²) in [6.45, 7) is 1.64. The number of para-hydroxylation sites is 1. The Kier molecular flexibility index (Phi) is 5.41. The minimum atomic E-state index is -0.0697. The summed E-state index contributed by atoms with van der Waals surface area (Å²) in [6.07, 6.45) is 1.66. The molecule has 1 fully saturated rings. The molecule has 6 heteroatoms. The Morgan fingerprint density at radius 2 is 2.14 bits per heavy atom. The summed E-state index contributed by atoms with van der Waals surface area (Å²) in [7, 11) is 1.51. The lowest BCUT2D eigenvalue weighted by atomic mass is 10.1. The molecular formula is C15H22N2O4. The highest BCUT2D eigenvalue weighted by molar-refractivity contribution is 5.98. The molecule has 0 aromatic heterocycles. The van der Waals surface area contributed by atoms with Gasteiger partial charge in [0.25, 0.3) is 5.91 Å². The first-order valence-electron chi connectivity index (χ1n) is 7.11. The van der Waals surface area contributed by atoms with Crippen LogP contribution in [0.1, 0.15) is 23.2 Å². The molecule has 1 saturated heterocycles. The summed E-state index contributed by atoms with van der Waals surface area (Å²) in [6, 6.07) is 5.19.